The van der Waals surface area contributed by atoms with E-state index in [-0.39, 0.29) is 143 Å². The van der Waals surface area contributed by atoms with Gasteiger partial charge in [0.05, 0.1) is 24.0 Å². The van der Waals surface area contributed by atoms with Crippen molar-refractivity contribution in [3.05, 3.63) is 63.9 Å². The Bertz CT molecular complexity index is 3710. The summed E-state index contributed by atoms with van der Waals surface area (Å²) in [5, 5.41) is 37.9. The number of ether oxygens (including phenoxy) is 1. The van der Waals surface area contributed by atoms with Crippen LogP contribution >= 0.6 is 7.82 Å². The van der Waals surface area contributed by atoms with Crippen LogP contribution in [0.2, 0.25) is 0 Å². The zero-order valence-corrected chi connectivity index (χ0v) is 60.5. The zero-order chi connectivity index (χ0) is 69.0. The fourth-order valence-corrected chi connectivity index (χ4v) is 18.0. The Morgan fingerprint density at radius 3 is 1.99 bits per heavy atom. The molecular formula is C63H88CoKN14O14P+. The molecule has 1 aromatic carbocycles. The van der Waals surface area contributed by atoms with Crippen molar-refractivity contribution < 1.29 is 133 Å². The fraction of sp³-hybridized carbons (Fsp3) is 0.619. The van der Waals surface area contributed by atoms with E-state index < -0.39 is 143 Å². The summed E-state index contributed by atoms with van der Waals surface area (Å²) in [6, 6.07) is 2.56. The minimum absolute atomic E-state index is 0. The van der Waals surface area contributed by atoms with Crippen molar-refractivity contribution in [3.63, 3.8) is 0 Å². The summed E-state index contributed by atoms with van der Waals surface area (Å²) in [4.78, 5) is 129. The number of phosphoric ester groups is 1. The van der Waals surface area contributed by atoms with Gasteiger partial charge in [-0.2, -0.15) is 0 Å². The number of carbonyl (C=O) groups is 7. The van der Waals surface area contributed by atoms with Gasteiger partial charge in [0.2, 0.25) is 0 Å². The standard InChI is InChI=1S/C62H90N13O14P.CN.Co.K/c1-29-20-39-40(21-30(29)2)75(28-70-39)57-52(84)53(41(27-76)87-57)89-90(85,86)88-31(3)26-69-49(83)18-19-59(8)37(22-46(66)80)56-62(11)61(10,25-48(68)82)36(14-17-45(65)79)51(74-62)33(5)55-60(9,24-47(67)81)34(12-15-43(63)77)38(71-55)23-42-58(6,7)35(13-16-44(64)78)50(72-42)32(4)54(59)73-56;1-2;;/h20-21,23,28,31,34-37,41,52-53,56-57,76,84H,12-19,22,24-27H2,1-11H3,(H15,63,64,65,66,67,68,69,71,72,73,74,77,78,79,80,81,82,83,85,86);;;/q;;+2;+1/p-2/t31?,34-,35-,36-,37+,41-,52-,53-,56-,57+,59-,60+,61+,62+;;;/m1.../s1. The Kier molecular flexibility index (Phi) is 23.4. The third-order valence-corrected chi connectivity index (χ3v) is 23.0. The molecule has 6 aliphatic rings. The second kappa shape index (κ2) is 29.0. The molecule has 2 fully saturated rings. The number of allylic oxidation sites excluding steroid dienone is 6. The molecule has 7 heterocycles. The summed E-state index contributed by atoms with van der Waals surface area (Å²) < 4.78 is 33.7. The SMILES string of the molecule is C/C1=C2N=C(/C=C3N=C(/C(C)=C4/[C@@H](CCC(N)=O)[C@](C)(CC(N)=O)[C@](C)([C@@H]5N=C1[C@](C)(CCC(=O)NCC(C)OP(=O)([O-])O[C@H]1[C@@H](O)[C@@H](n6cnc7cc(C)c(C)cc76)O[C@@H]1CO)[C@H]5CC(N)=O)[N]4[Co+][C]#N)[C@@](C)(CC(N)=O)[C@@H]\3CCC(N)=O)C(C)(C)[C@@H]/2CCC(N)=O.[K+]. The number of rotatable bonds is 27. The van der Waals surface area contributed by atoms with Gasteiger partial charge in [-0.3, -0.25) is 4.57 Å². The Hall–Kier alpha value is -5.37. The molecule has 15 atom stereocenters. The van der Waals surface area contributed by atoms with Gasteiger partial charge in [-0.25, -0.2) is 4.98 Å². The van der Waals surface area contributed by atoms with Crippen molar-refractivity contribution >= 4 is 77.3 Å². The van der Waals surface area contributed by atoms with Crippen LogP contribution in [0.5, 0.6) is 0 Å². The smallest absolute Gasteiger partial charge is 1.00 e. The molecule has 508 valence electrons. The molecule has 6 aliphatic heterocycles. The van der Waals surface area contributed by atoms with E-state index in [2.05, 4.69) is 15.3 Å². The summed E-state index contributed by atoms with van der Waals surface area (Å²) in [6.45, 7) is 18.8. The number of hydrogen-bond acceptors (Lipinski definition) is 20. The van der Waals surface area contributed by atoms with Gasteiger partial charge in [0.1, 0.15) is 18.3 Å². The minimum Gasteiger partial charge on any atom is 1.00 e. The van der Waals surface area contributed by atoms with Gasteiger partial charge in [0.25, 0.3) is 7.82 Å². The molecule has 2 saturated heterocycles. The number of aliphatic hydroxyl groups is 2. The number of hydrogen-bond donors (Lipinski definition) is 9. The van der Waals surface area contributed by atoms with Crippen LogP contribution in [-0.4, -0.2) is 131 Å². The van der Waals surface area contributed by atoms with Gasteiger partial charge in [-0.15, -0.1) is 0 Å². The van der Waals surface area contributed by atoms with Gasteiger partial charge >= 0.3 is 469 Å². The number of aliphatic imine (C=N–C) groups is 3. The number of primary amides is 6. The van der Waals surface area contributed by atoms with Crippen LogP contribution in [-0.2, 0) is 66.8 Å². The molecule has 0 saturated carbocycles. The number of aliphatic hydroxyl groups excluding tert-OH is 2. The van der Waals surface area contributed by atoms with E-state index in [9.17, 15) is 58.5 Å². The Morgan fingerprint density at radius 2 is 1.41 bits per heavy atom. The second-order valence-corrected chi connectivity index (χ2v) is 29.5. The molecule has 0 radical (unpaired) electrons. The molecule has 94 heavy (non-hydrogen) atoms. The number of imidazole rings is 1. The third-order valence-electron chi connectivity index (χ3n) is 20.8. The molecule has 31 heteroatoms. The average molecular weight is 1390 g/mol. The van der Waals surface area contributed by atoms with E-state index in [0.29, 0.717) is 56.4 Å². The molecule has 2 unspecified atom stereocenters. The molecule has 8 bridgehead atoms. The monoisotopic (exact) mass is 1390 g/mol. The van der Waals surface area contributed by atoms with Crippen molar-refractivity contribution in [2.45, 2.75) is 189 Å². The van der Waals surface area contributed by atoms with Crippen LogP contribution in [0.3, 0.4) is 0 Å². The zero-order valence-electron chi connectivity index (χ0n) is 55.4. The molecule has 15 N–H and O–H groups in total. The van der Waals surface area contributed by atoms with Crippen molar-refractivity contribution in [1.82, 2.24) is 18.8 Å². The molecule has 7 amide bonds. The Labute approximate surface area is 595 Å². The summed E-state index contributed by atoms with van der Waals surface area (Å²) in [5.74, 6) is -7.88. The first-order valence-corrected chi connectivity index (χ1v) is 33.5. The van der Waals surface area contributed by atoms with Crippen molar-refractivity contribution in [2.75, 3.05) is 13.2 Å². The number of nitrogens with one attached hydrogen (secondary N) is 1. The summed E-state index contributed by atoms with van der Waals surface area (Å²) in [6.07, 6.45) is -5.38. The quantitative estimate of drug-likeness (QED) is 0.0410. The number of aromatic nitrogens is 2. The maximum atomic E-state index is 14.5. The van der Waals surface area contributed by atoms with Crippen LogP contribution in [0.25, 0.3) is 11.0 Å². The number of benzene rings is 1. The average Bonchev–Trinajstić information content (AvgIpc) is 1.51. The van der Waals surface area contributed by atoms with E-state index in [0.717, 1.165) is 11.1 Å². The predicted octanol–water partition coefficient (Wildman–Crippen LogP) is -0.274. The number of amides is 7. The third kappa shape index (κ3) is 14.5. The molecule has 2 aromatic rings. The number of phosphoric acid groups is 1. The van der Waals surface area contributed by atoms with E-state index in [1.807, 2.05) is 53.7 Å². The normalized spacial score (nSPS) is 33.2. The fourth-order valence-electron chi connectivity index (χ4n) is 15.7. The molecule has 1 aromatic heterocycles. The van der Waals surface area contributed by atoms with Crippen LogP contribution in [0.4, 0.5) is 0 Å². The number of aryl methyl sites for hydroxylation is 2. The van der Waals surface area contributed by atoms with Crippen molar-refractivity contribution in [2.24, 2.45) is 94.7 Å². The van der Waals surface area contributed by atoms with E-state index >= 15 is 0 Å². The van der Waals surface area contributed by atoms with Crippen LogP contribution in [0.15, 0.2) is 67.8 Å². The minimum atomic E-state index is -5.35. The first-order valence-electron chi connectivity index (χ1n) is 31.0. The van der Waals surface area contributed by atoms with Gasteiger partial charge in [0.15, 0.2) is 6.23 Å². The van der Waals surface area contributed by atoms with Gasteiger partial charge in [-0.05, 0) is 37.1 Å². The molecule has 0 aliphatic carbocycles. The van der Waals surface area contributed by atoms with E-state index in [1.165, 1.54) is 17.8 Å². The number of nitrogens with two attached hydrogens (primary N) is 6. The molecule has 0 spiro atoms. The summed E-state index contributed by atoms with van der Waals surface area (Å²) in [5.41, 5.74) is 36.3. The van der Waals surface area contributed by atoms with Crippen LogP contribution < -0.4 is 96.0 Å². The number of fused-ring (bicyclic) bond motifs is 7. The van der Waals surface area contributed by atoms with Crippen LogP contribution in [0, 0.1) is 69.4 Å². The Morgan fingerprint density at radius 1 is 0.819 bits per heavy atom. The van der Waals surface area contributed by atoms with E-state index in [1.54, 1.807) is 37.7 Å². The molecule has 28 nitrogen and oxygen atoms in total. The van der Waals surface area contributed by atoms with Gasteiger partial charge < -0.3 is 28.9 Å². The van der Waals surface area contributed by atoms with Gasteiger partial charge in [0, 0.05) is 0 Å². The summed E-state index contributed by atoms with van der Waals surface area (Å²) >= 11 is 0.0230. The predicted molar refractivity (Wildman–Crippen MR) is 336 cm³/mol. The van der Waals surface area contributed by atoms with Gasteiger partial charge in [-0.1, -0.05) is 0 Å². The van der Waals surface area contributed by atoms with Crippen LogP contribution in [0.1, 0.15) is 150 Å². The molecular weight excluding hydrogens is 1310 g/mol. The number of nitrogens with zero attached hydrogens (tertiary/aromatic N) is 7. The topological polar surface area (TPSA) is 478 Å². The second-order valence-electron chi connectivity index (χ2n) is 27.3. The first kappa shape index (κ1) is 76.0. The number of nitriles is 1. The van der Waals surface area contributed by atoms with Crippen molar-refractivity contribution in [1.29, 1.82) is 5.26 Å². The number of carbonyl (C=O) groups excluding carboxylic acids is 7. The Balaban J connectivity index is 0.0000125. The first-order chi connectivity index (χ1) is 43.3. The summed E-state index contributed by atoms with van der Waals surface area (Å²) in [7, 11) is -5.35. The molecule has 8 rings (SSSR count). The van der Waals surface area contributed by atoms with Crippen molar-refractivity contribution in [3.8, 4) is 5.00 Å². The maximum absolute atomic E-state index is 14.5. The van der Waals surface area contributed by atoms with E-state index in [4.69, 9.17) is 63.2 Å².